The highest BCUT2D eigenvalue weighted by Crippen LogP contribution is 2.09. The first kappa shape index (κ1) is 14.5. The second kappa shape index (κ2) is 6.40. The SMILES string of the molecule is C[N-]Cc1ccc(CNC(=O)OC(C)(C)C)cc1. The Kier molecular flexibility index (Phi) is 5.16. The van der Waals surface area contributed by atoms with E-state index in [1.165, 1.54) is 5.56 Å². The summed E-state index contributed by atoms with van der Waals surface area (Å²) in [5.41, 5.74) is 1.75. The van der Waals surface area contributed by atoms with E-state index in [-0.39, 0.29) is 0 Å². The average molecular weight is 249 g/mol. The van der Waals surface area contributed by atoms with Crippen LogP contribution < -0.4 is 5.32 Å². The van der Waals surface area contributed by atoms with Crippen LogP contribution in [-0.2, 0) is 17.8 Å². The predicted molar refractivity (Wildman–Crippen MR) is 72.5 cm³/mol. The van der Waals surface area contributed by atoms with Gasteiger partial charge in [0.1, 0.15) is 5.60 Å². The number of ether oxygens (including phenoxy) is 1. The molecule has 0 radical (unpaired) electrons. The number of benzene rings is 1. The van der Waals surface area contributed by atoms with Gasteiger partial charge in [0.2, 0.25) is 0 Å². The van der Waals surface area contributed by atoms with Gasteiger partial charge in [-0.05, 0) is 26.3 Å². The van der Waals surface area contributed by atoms with Crippen LogP contribution in [0.1, 0.15) is 31.9 Å². The third-order valence-electron chi connectivity index (χ3n) is 2.20. The molecule has 0 saturated heterocycles. The topological polar surface area (TPSA) is 52.4 Å². The summed E-state index contributed by atoms with van der Waals surface area (Å²) in [5, 5.41) is 6.78. The summed E-state index contributed by atoms with van der Waals surface area (Å²) < 4.78 is 5.16. The van der Waals surface area contributed by atoms with Gasteiger partial charge >= 0.3 is 6.09 Å². The molecule has 1 amide bonds. The first-order valence-corrected chi connectivity index (χ1v) is 6.01. The molecule has 1 rings (SSSR count). The smallest absolute Gasteiger partial charge is 0.407 e. The Hall–Kier alpha value is -1.55. The molecular formula is C14H21N2O2-. The van der Waals surface area contributed by atoms with E-state index in [2.05, 4.69) is 10.6 Å². The first-order valence-electron chi connectivity index (χ1n) is 6.01. The van der Waals surface area contributed by atoms with E-state index in [1.54, 1.807) is 7.05 Å². The molecule has 100 valence electrons. The summed E-state index contributed by atoms with van der Waals surface area (Å²) in [6.07, 6.45) is -0.393. The van der Waals surface area contributed by atoms with Crippen LogP contribution in [-0.4, -0.2) is 18.7 Å². The maximum absolute atomic E-state index is 11.5. The molecule has 0 bridgehead atoms. The zero-order chi connectivity index (χ0) is 13.6. The molecule has 0 unspecified atom stereocenters. The highest BCUT2D eigenvalue weighted by molar-refractivity contribution is 5.67. The Morgan fingerprint density at radius 3 is 2.28 bits per heavy atom. The van der Waals surface area contributed by atoms with Crippen molar-refractivity contribution >= 4 is 6.09 Å². The highest BCUT2D eigenvalue weighted by Gasteiger charge is 2.15. The molecule has 4 nitrogen and oxygen atoms in total. The summed E-state index contributed by atoms with van der Waals surface area (Å²) in [7, 11) is 1.79. The first-order chi connectivity index (χ1) is 8.40. The van der Waals surface area contributed by atoms with E-state index in [0.717, 1.165) is 12.1 Å². The Labute approximate surface area is 109 Å². The highest BCUT2D eigenvalue weighted by atomic mass is 16.6. The van der Waals surface area contributed by atoms with Crippen LogP contribution in [0.3, 0.4) is 0 Å². The van der Waals surface area contributed by atoms with E-state index >= 15 is 0 Å². The van der Waals surface area contributed by atoms with Gasteiger partial charge in [-0.1, -0.05) is 29.8 Å². The molecule has 0 spiro atoms. The van der Waals surface area contributed by atoms with Gasteiger partial charge in [-0.15, -0.1) is 6.54 Å². The van der Waals surface area contributed by atoms with E-state index in [1.807, 2.05) is 45.0 Å². The molecule has 0 aliphatic carbocycles. The molecule has 0 fully saturated rings. The maximum atomic E-state index is 11.5. The molecule has 0 aliphatic rings. The lowest BCUT2D eigenvalue weighted by Gasteiger charge is -2.19. The summed E-state index contributed by atoms with van der Waals surface area (Å²) in [5.74, 6) is 0. The van der Waals surface area contributed by atoms with Crippen molar-refractivity contribution in [2.75, 3.05) is 7.05 Å². The van der Waals surface area contributed by atoms with E-state index in [9.17, 15) is 4.79 Å². The zero-order valence-corrected chi connectivity index (χ0v) is 11.5. The van der Waals surface area contributed by atoms with Crippen LogP contribution in [0.2, 0.25) is 0 Å². The fourth-order valence-corrected chi connectivity index (χ4v) is 1.43. The number of carbonyl (C=O) groups excluding carboxylic acids is 1. The third kappa shape index (κ3) is 5.68. The van der Waals surface area contributed by atoms with Crippen LogP contribution >= 0.6 is 0 Å². The van der Waals surface area contributed by atoms with Crippen LogP contribution in [0.25, 0.3) is 5.32 Å². The van der Waals surface area contributed by atoms with Gasteiger partial charge < -0.3 is 15.4 Å². The van der Waals surface area contributed by atoms with Gasteiger partial charge in [-0.2, -0.15) is 7.05 Å². The standard InChI is InChI=1S/C14H21N2O2/c1-14(2,3)18-13(17)16-10-12-7-5-11(6-8-12)9-15-4/h5-8H,9-10H2,1-4H3,(H,16,17)/q-1. The number of hydrogen-bond acceptors (Lipinski definition) is 2. The number of alkyl carbamates (subject to hydrolysis) is 1. The fourth-order valence-electron chi connectivity index (χ4n) is 1.43. The molecule has 0 aliphatic heterocycles. The lowest BCUT2D eigenvalue weighted by atomic mass is 10.1. The summed E-state index contributed by atoms with van der Waals surface area (Å²) in [6, 6.07) is 7.99. The normalized spacial score (nSPS) is 11.1. The number of rotatable bonds is 4. The Morgan fingerprint density at radius 1 is 1.22 bits per heavy atom. The van der Waals surface area contributed by atoms with Crippen molar-refractivity contribution in [2.45, 2.75) is 39.5 Å². The van der Waals surface area contributed by atoms with E-state index in [0.29, 0.717) is 6.54 Å². The second-order valence-corrected chi connectivity index (χ2v) is 5.15. The molecule has 0 aromatic heterocycles. The largest absolute Gasteiger partial charge is 0.661 e. The van der Waals surface area contributed by atoms with Crippen molar-refractivity contribution < 1.29 is 9.53 Å². The second-order valence-electron chi connectivity index (χ2n) is 5.15. The molecule has 18 heavy (non-hydrogen) atoms. The molecule has 0 atom stereocenters. The van der Waals surface area contributed by atoms with Crippen molar-refractivity contribution in [2.24, 2.45) is 0 Å². The quantitative estimate of drug-likeness (QED) is 0.890. The Morgan fingerprint density at radius 2 is 1.78 bits per heavy atom. The maximum Gasteiger partial charge on any atom is 0.407 e. The van der Waals surface area contributed by atoms with Crippen LogP contribution in [0.4, 0.5) is 4.79 Å². The summed E-state index contributed by atoms with van der Waals surface area (Å²) in [4.78, 5) is 11.5. The van der Waals surface area contributed by atoms with E-state index in [4.69, 9.17) is 4.74 Å². The van der Waals surface area contributed by atoms with Crippen molar-refractivity contribution in [1.82, 2.24) is 5.32 Å². The number of carbonyl (C=O) groups is 1. The lowest BCUT2D eigenvalue weighted by molar-refractivity contribution is 0.0523. The Balaban J connectivity index is 2.41. The number of amides is 1. The van der Waals surface area contributed by atoms with Gasteiger partial charge in [0, 0.05) is 6.54 Å². The zero-order valence-electron chi connectivity index (χ0n) is 11.5. The van der Waals surface area contributed by atoms with Crippen molar-refractivity contribution in [3.8, 4) is 0 Å². The molecule has 1 aromatic carbocycles. The minimum absolute atomic E-state index is 0.393. The van der Waals surface area contributed by atoms with Crippen molar-refractivity contribution in [3.05, 3.63) is 40.7 Å². The monoisotopic (exact) mass is 249 g/mol. The molecule has 0 heterocycles. The van der Waals surface area contributed by atoms with Gasteiger partial charge in [-0.25, -0.2) is 4.79 Å². The van der Waals surface area contributed by atoms with Gasteiger partial charge in [0.25, 0.3) is 0 Å². The van der Waals surface area contributed by atoms with Crippen LogP contribution in [0.5, 0.6) is 0 Å². The van der Waals surface area contributed by atoms with Crippen molar-refractivity contribution in [1.29, 1.82) is 0 Å². The minimum Gasteiger partial charge on any atom is -0.661 e. The van der Waals surface area contributed by atoms with Crippen LogP contribution in [0.15, 0.2) is 24.3 Å². The minimum atomic E-state index is -0.462. The summed E-state index contributed by atoms with van der Waals surface area (Å²) >= 11 is 0. The number of nitrogens with zero attached hydrogens (tertiary/aromatic N) is 1. The van der Waals surface area contributed by atoms with Gasteiger partial charge in [0.15, 0.2) is 0 Å². The Bertz CT molecular complexity index is 380. The molecular weight excluding hydrogens is 228 g/mol. The fraction of sp³-hybridized carbons (Fsp3) is 0.500. The molecule has 1 N–H and O–H groups in total. The molecule has 4 heteroatoms. The lowest BCUT2D eigenvalue weighted by Crippen LogP contribution is -2.32. The number of nitrogens with one attached hydrogen (secondary N) is 1. The van der Waals surface area contributed by atoms with Crippen LogP contribution in [0, 0.1) is 0 Å². The number of hydrogen-bond donors (Lipinski definition) is 1. The van der Waals surface area contributed by atoms with Crippen molar-refractivity contribution in [3.63, 3.8) is 0 Å². The molecule has 1 aromatic rings. The van der Waals surface area contributed by atoms with Gasteiger partial charge in [-0.3, -0.25) is 0 Å². The molecule has 0 saturated carbocycles. The summed E-state index contributed by atoms with van der Waals surface area (Å²) in [6.45, 7) is 6.72. The third-order valence-corrected chi connectivity index (χ3v) is 2.20. The van der Waals surface area contributed by atoms with E-state index < -0.39 is 11.7 Å². The van der Waals surface area contributed by atoms with Gasteiger partial charge in [0.05, 0.1) is 0 Å². The predicted octanol–water partition coefficient (Wildman–Crippen LogP) is 3.21. The average Bonchev–Trinajstić information content (AvgIpc) is 2.26.